The van der Waals surface area contributed by atoms with Crippen molar-refractivity contribution in [1.29, 1.82) is 0 Å². The molecule has 0 heterocycles. The summed E-state index contributed by atoms with van der Waals surface area (Å²) in [6, 6.07) is 8.18. The molecule has 0 amide bonds. The number of nitrogens with zero attached hydrogens (tertiary/aromatic N) is 1. The van der Waals surface area contributed by atoms with Crippen LogP contribution in [0.2, 0.25) is 0 Å². The molecule has 1 unspecified atom stereocenters. The molecule has 1 atom stereocenters. The predicted octanol–water partition coefficient (Wildman–Crippen LogP) is 3.30. The van der Waals surface area contributed by atoms with E-state index in [0.29, 0.717) is 0 Å². The summed E-state index contributed by atoms with van der Waals surface area (Å²) in [6.07, 6.45) is 0.836. The highest BCUT2D eigenvalue weighted by Crippen LogP contribution is 2.13. The van der Waals surface area contributed by atoms with E-state index in [1.807, 2.05) is 25.1 Å². The van der Waals surface area contributed by atoms with Crippen molar-refractivity contribution in [2.24, 2.45) is 0 Å². The first-order valence-corrected chi connectivity index (χ1v) is 4.62. The molecule has 1 aromatic carbocycles. The van der Waals surface area contributed by atoms with Crippen LogP contribution in [-0.2, 0) is 6.42 Å². The van der Waals surface area contributed by atoms with Gasteiger partial charge < -0.3 is 4.85 Å². The SMILES string of the molecule is [C-]#[N+]C(C)Cc1cccc(Br)c1. The summed E-state index contributed by atoms with van der Waals surface area (Å²) in [5.74, 6) is 0. The zero-order valence-corrected chi connectivity index (χ0v) is 8.51. The molecule has 0 saturated carbocycles. The molecule has 0 aliphatic rings. The van der Waals surface area contributed by atoms with Crippen molar-refractivity contribution in [2.45, 2.75) is 19.4 Å². The van der Waals surface area contributed by atoms with Gasteiger partial charge in [0.1, 0.15) is 0 Å². The zero-order chi connectivity index (χ0) is 8.97. The summed E-state index contributed by atoms with van der Waals surface area (Å²) in [5, 5.41) is 0. The molecule has 1 aromatic rings. The van der Waals surface area contributed by atoms with E-state index in [9.17, 15) is 0 Å². The Hall–Kier alpha value is -0.810. The molecule has 0 bridgehead atoms. The van der Waals surface area contributed by atoms with E-state index < -0.39 is 0 Å². The summed E-state index contributed by atoms with van der Waals surface area (Å²) < 4.78 is 1.08. The fourth-order valence-electron chi connectivity index (χ4n) is 1.05. The maximum atomic E-state index is 6.82. The molecule has 0 aromatic heterocycles. The average molecular weight is 224 g/mol. The van der Waals surface area contributed by atoms with Gasteiger partial charge in [0.2, 0.25) is 6.04 Å². The van der Waals surface area contributed by atoms with Gasteiger partial charge in [0, 0.05) is 17.8 Å². The van der Waals surface area contributed by atoms with Gasteiger partial charge in [-0.3, -0.25) is 0 Å². The monoisotopic (exact) mass is 223 g/mol. The van der Waals surface area contributed by atoms with Crippen LogP contribution in [0.15, 0.2) is 28.7 Å². The van der Waals surface area contributed by atoms with Crippen molar-refractivity contribution >= 4 is 15.9 Å². The highest BCUT2D eigenvalue weighted by Gasteiger charge is 2.05. The van der Waals surface area contributed by atoms with Crippen LogP contribution in [0.25, 0.3) is 4.85 Å². The number of benzene rings is 1. The van der Waals surface area contributed by atoms with E-state index in [0.717, 1.165) is 10.9 Å². The molecule has 2 heteroatoms. The molecule has 1 nitrogen and oxygen atoms in total. The lowest BCUT2D eigenvalue weighted by Crippen LogP contribution is -1.99. The number of rotatable bonds is 2. The average Bonchev–Trinajstić information content (AvgIpc) is 2.04. The molecule has 0 saturated heterocycles. The summed E-state index contributed by atoms with van der Waals surface area (Å²) in [7, 11) is 0. The van der Waals surface area contributed by atoms with E-state index in [4.69, 9.17) is 6.57 Å². The third-order valence-corrected chi connectivity index (χ3v) is 2.13. The summed E-state index contributed by atoms with van der Waals surface area (Å²) in [4.78, 5) is 3.45. The Morgan fingerprint density at radius 3 is 2.92 bits per heavy atom. The molecular weight excluding hydrogens is 214 g/mol. The van der Waals surface area contributed by atoms with E-state index >= 15 is 0 Å². The largest absolute Gasteiger partial charge is 0.314 e. The van der Waals surface area contributed by atoms with Crippen molar-refractivity contribution < 1.29 is 0 Å². The van der Waals surface area contributed by atoms with Gasteiger partial charge >= 0.3 is 0 Å². The van der Waals surface area contributed by atoms with Crippen LogP contribution in [0.5, 0.6) is 0 Å². The maximum absolute atomic E-state index is 6.82. The first kappa shape index (κ1) is 9.28. The molecule has 0 aliphatic carbocycles. The molecular formula is C10H10BrN. The molecule has 1 rings (SSSR count). The van der Waals surface area contributed by atoms with Crippen LogP contribution < -0.4 is 0 Å². The van der Waals surface area contributed by atoms with E-state index in [1.54, 1.807) is 0 Å². The van der Waals surface area contributed by atoms with E-state index in [2.05, 4.69) is 26.8 Å². The fourth-order valence-corrected chi connectivity index (χ4v) is 1.50. The van der Waals surface area contributed by atoms with Crippen LogP contribution >= 0.6 is 15.9 Å². The van der Waals surface area contributed by atoms with Gasteiger partial charge in [0.15, 0.2) is 0 Å². The lowest BCUT2D eigenvalue weighted by molar-refractivity contribution is 0.844. The van der Waals surface area contributed by atoms with E-state index in [1.165, 1.54) is 5.56 Å². The number of hydrogen-bond acceptors (Lipinski definition) is 0. The quantitative estimate of drug-likeness (QED) is 0.679. The Bertz CT molecular complexity index is 301. The molecule has 12 heavy (non-hydrogen) atoms. The molecule has 0 fully saturated rings. The number of halogens is 1. The van der Waals surface area contributed by atoms with Gasteiger partial charge in [0.05, 0.1) is 0 Å². The maximum Gasteiger partial charge on any atom is 0.225 e. The zero-order valence-electron chi connectivity index (χ0n) is 6.92. The van der Waals surface area contributed by atoms with Gasteiger partial charge in [-0.2, -0.15) is 0 Å². The minimum Gasteiger partial charge on any atom is -0.314 e. The van der Waals surface area contributed by atoms with Crippen LogP contribution in [-0.4, -0.2) is 6.04 Å². The van der Waals surface area contributed by atoms with Crippen LogP contribution in [0.3, 0.4) is 0 Å². The number of hydrogen-bond donors (Lipinski definition) is 0. The van der Waals surface area contributed by atoms with Crippen molar-refractivity contribution in [3.63, 3.8) is 0 Å². The normalized spacial score (nSPS) is 12.1. The Balaban J connectivity index is 2.71. The Labute approximate surface area is 81.4 Å². The second kappa shape index (κ2) is 4.27. The highest BCUT2D eigenvalue weighted by atomic mass is 79.9. The lowest BCUT2D eigenvalue weighted by Gasteiger charge is -1.99. The molecule has 0 spiro atoms. The molecule has 0 radical (unpaired) electrons. The van der Waals surface area contributed by atoms with Gasteiger partial charge in [-0.15, -0.1) is 0 Å². The minimum atomic E-state index is 0.0827. The summed E-state index contributed by atoms with van der Waals surface area (Å²) in [6.45, 7) is 8.76. The predicted molar refractivity (Wildman–Crippen MR) is 53.9 cm³/mol. The molecule has 0 aliphatic heterocycles. The fraction of sp³-hybridized carbons (Fsp3) is 0.300. The second-order valence-corrected chi connectivity index (χ2v) is 3.73. The van der Waals surface area contributed by atoms with Gasteiger partial charge in [-0.25, -0.2) is 6.57 Å². The first-order chi connectivity index (χ1) is 5.72. The highest BCUT2D eigenvalue weighted by molar-refractivity contribution is 9.10. The van der Waals surface area contributed by atoms with Crippen molar-refractivity contribution in [1.82, 2.24) is 0 Å². The first-order valence-electron chi connectivity index (χ1n) is 3.83. The van der Waals surface area contributed by atoms with Crippen molar-refractivity contribution in [2.75, 3.05) is 0 Å². The second-order valence-electron chi connectivity index (χ2n) is 2.81. The smallest absolute Gasteiger partial charge is 0.225 e. The van der Waals surface area contributed by atoms with Crippen LogP contribution in [0.1, 0.15) is 12.5 Å². The van der Waals surface area contributed by atoms with Gasteiger partial charge in [-0.05, 0) is 17.7 Å². The molecule has 0 N–H and O–H groups in total. The van der Waals surface area contributed by atoms with Crippen molar-refractivity contribution in [3.8, 4) is 0 Å². The summed E-state index contributed by atoms with van der Waals surface area (Å²) in [5.41, 5.74) is 1.22. The lowest BCUT2D eigenvalue weighted by atomic mass is 10.1. The van der Waals surface area contributed by atoms with Crippen LogP contribution in [0.4, 0.5) is 0 Å². The Morgan fingerprint density at radius 1 is 1.58 bits per heavy atom. The third kappa shape index (κ3) is 2.67. The Kier molecular flexibility index (Phi) is 3.31. The van der Waals surface area contributed by atoms with Gasteiger partial charge in [0.25, 0.3) is 0 Å². The third-order valence-electron chi connectivity index (χ3n) is 1.64. The van der Waals surface area contributed by atoms with E-state index in [-0.39, 0.29) is 6.04 Å². The minimum absolute atomic E-state index is 0.0827. The Morgan fingerprint density at radius 2 is 2.33 bits per heavy atom. The van der Waals surface area contributed by atoms with Crippen LogP contribution in [0, 0.1) is 6.57 Å². The summed E-state index contributed by atoms with van der Waals surface area (Å²) >= 11 is 3.40. The molecule has 62 valence electrons. The standard InChI is InChI=1S/C10H10BrN/c1-8(12-2)6-9-4-3-5-10(11)7-9/h3-5,7-8H,6H2,1H3. The topological polar surface area (TPSA) is 4.36 Å². The van der Waals surface area contributed by atoms with Gasteiger partial charge in [-0.1, -0.05) is 28.1 Å². The van der Waals surface area contributed by atoms with Crippen molar-refractivity contribution in [3.05, 3.63) is 45.7 Å².